The van der Waals surface area contributed by atoms with Crippen molar-refractivity contribution in [3.63, 3.8) is 0 Å². The molecule has 1 unspecified atom stereocenters. The van der Waals surface area contributed by atoms with Crippen LogP contribution < -0.4 is 5.32 Å². The van der Waals surface area contributed by atoms with Crippen LogP contribution in [0.5, 0.6) is 0 Å². The second kappa shape index (κ2) is 8.84. The van der Waals surface area contributed by atoms with E-state index in [1.807, 2.05) is 13.8 Å². The number of carbonyl (C=O) groups is 1. The van der Waals surface area contributed by atoms with Crippen LogP contribution in [-0.2, 0) is 14.3 Å². The number of thioether (sulfide) groups is 1. The number of hydrogen-bond donors (Lipinski definition) is 1. The SMILES string of the molecule is CCOC(=O)C(C)(CSCCCOC)NC. The molecule has 1 atom stereocenters. The molecule has 0 saturated heterocycles. The Bertz CT molecular complexity index is 202. The summed E-state index contributed by atoms with van der Waals surface area (Å²) in [4.78, 5) is 11.7. The highest BCUT2D eigenvalue weighted by molar-refractivity contribution is 7.99. The Hall–Kier alpha value is -0.260. The Morgan fingerprint density at radius 2 is 2.19 bits per heavy atom. The highest BCUT2D eigenvalue weighted by Gasteiger charge is 2.32. The summed E-state index contributed by atoms with van der Waals surface area (Å²) in [7, 11) is 3.48. The first-order chi connectivity index (χ1) is 7.60. The van der Waals surface area contributed by atoms with E-state index in [2.05, 4.69) is 5.32 Å². The number of rotatable bonds is 9. The van der Waals surface area contributed by atoms with E-state index in [1.165, 1.54) is 0 Å². The van der Waals surface area contributed by atoms with Gasteiger partial charge in [-0.25, -0.2) is 0 Å². The molecule has 0 aliphatic carbocycles. The summed E-state index contributed by atoms with van der Waals surface area (Å²) >= 11 is 1.74. The molecule has 0 aromatic carbocycles. The quantitative estimate of drug-likeness (QED) is 0.493. The lowest BCUT2D eigenvalue weighted by Gasteiger charge is -2.26. The topological polar surface area (TPSA) is 47.6 Å². The van der Waals surface area contributed by atoms with E-state index in [0.29, 0.717) is 12.4 Å². The number of hydrogen-bond acceptors (Lipinski definition) is 5. The van der Waals surface area contributed by atoms with Gasteiger partial charge in [-0.2, -0.15) is 11.8 Å². The van der Waals surface area contributed by atoms with Crippen LogP contribution in [0.4, 0.5) is 0 Å². The molecule has 0 bridgehead atoms. The van der Waals surface area contributed by atoms with Gasteiger partial charge in [-0.1, -0.05) is 0 Å². The van der Waals surface area contributed by atoms with Crippen molar-refractivity contribution in [2.24, 2.45) is 0 Å². The summed E-state index contributed by atoms with van der Waals surface area (Å²) < 4.78 is 10.0. The van der Waals surface area contributed by atoms with Gasteiger partial charge >= 0.3 is 5.97 Å². The molecule has 5 heteroatoms. The zero-order valence-corrected chi connectivity index (χ0v) is 11.5. The lowest BCUT2D eigenvalue weighted by atomic mass is 10.1. The molecule has 16 heavy (non-hydrogen) atoms. The molecule has 0 amide bonds. The minimum absolute atomic E-state index is 0.184. The molecule has 0 aromatic heterocycles. The third kappa shape index (κ3) is 5.72. The summed E-state index contributed by atoms with van der Waals surface area (Å²) in [6.07, 6.45) is 1.00. The molecule has 0 saturated carbocycles. The predicted molar refractivity (Wildman–Crippen MR) is 67.9 cm³/mol. The third-order valence-corrected chi connectivity index (χ3v) is 3.66. The highest BCUT2D eigenvalue weighted by atomic mass is 32.2. The number of esters is 1. The third-order valence-electron chi connectivity index (χ3n) is 2.31. The minimum atomic E-state index is -0.590. The summed E-state index contributed by atoms with van der Waals surface area (Å²) in [6, 6.07) is 0. The van der Waals surface area contributed by atoms with Crippen LogP contribution in [0.3, 0.4) is 0 Å². The van der Waals surface area contributed by atoms with Crippen molar-refractivity contribution in [1.29, 1.82) is 0 Å². The Morgan fingerprint density at radius 1 is 1.50 bits per heavy atom. The van der Waals surface area contributed by atoms with Gasteiger partial charge < -0.3 is 14.8 Å². The molecule has 0 radical (unpaired) electrons. The van der Waals surface area contributed by atoms with Crippen molar-refractivity contribution >= 4 is 17.7 Å². The van der Waals surface area contributed by atoms with Gasteiger partial charge in [0.15, 0.2) is 0 Å². The van der Waals surface area contributed by atoms with Crippen LogP contribution >= 0.6 is 11.8 Å². The monoisotopic (exact) mass is 249 g/mol. The standard InChI is InChI=1S/C11H23NO3S/c1-5-15-10(13)11(2,12-3)9-16-8-6-7-14-4/h12H,5-9H2,1-4H3. The molecule has 0 rings (SSSR count). The molecule has 0 aliphatic heterocycles. The van der Waals surface area contributed by atoms with E-state index >= 15 is 0 Å². The minimum Gasteiger partial charge on any atom is -0.465 e. The van der Waals surface area contributed by atoms with Crippen LogP contribution in [0.1, 0.15) is 20.3 Å². The molecule has 0 aliphatic rings. The Labute approximate surface area is 102 Å². The number of methoxy groups -OCH3 is 1. The van der Waals surface area contributed by atoms with Gasteiger partial charge in [0, 0.05) is 19.5 Å². The van der Waals surface area contributed by atoms with E-state index in [1.54, 1.807) is 25.9 Å². The number of likely N-dealkylation sites (N-methyl/N-ethyl adjacent to an activating group) is 1. The first-order valence-corrected chi connectivity index (χ1v) is 6.69. The van der Waals surface area contributed by atoms with E-state index in [-0.39, 0.29) is 5.97 Å². The Balaban J connectivity index is 3.92. The zero-order valence-electron chi connectivity index (χ0n) is 10.7. The van der Waals surface area contributed by atoms with Crippen molar-refractivity contribution in [2.75, 3.05) is 38.9 Å². The van der Waals surface area contributed by atoms with Crippen molar-refractivity contribution in [3.05, 3.63) is 0 Å². The van der Waals surface area contributed by atoms with Gasteiger partial charge in [-0.05, 0) is 33.1 Å². The van der Waals surface area contributed by atoms with Gasteiger partial charge in [0.2, 0.25) is 0 Å². The average molecular weight is 249 g/mol. The van der Waals surface area contributed by atoms with Crippen molar-refractivity contribution < 1.29 is 14.3 Å². The van der Waals surface area contributed by atoms with Crippen LogP contribution in [0.15, 0.2) is 0 Å². The van der Waals surface area contributed by atoms with Gasteiger partial charge in [0.05, 0.1) is 6.61 Å². The lowest BCUT2D eigenvalue weighted by Crippen LogP contribution is -2.51. The summed E-state index contributed by atoms with van der Waals surface area (Å²) in [5.74, 6) is 1.52. The van der Waals surface area contributed by atoms with Gasteiger partial charge in [-0.3, -0.25) is 4.79 Å². The molecule has 1 N–H and O–H groups in total. The normalized spacial score (nSPS) is 14.5. The van der Waals surface area contributed by atoms with Crippen LogP contribution in [0, 0.1) is 0 Å². The number of carbonyl (C=O) groups excluding carboxylic acids is 1. The van der Waals surface area contributed by atoms with Crippen LogP contribution in [0.25, 0.3) is 0 Å². The maximum Gasteiger partial charge on any atom is 0.326 e. The summed E-state index contributed by atoms with van der Waals surface area (Å²) in [5, 5.41) is 3.03. The fourth-order valence-electron chi connectivity index (χ4n) is 1.11. The fraction of sp³-hybridized carbons (Fsp3) is 0.909. The van der Waals surface area contributed by atoms with Gasteiger partial charge in [0.1, 0.15) is 5.54 Å². The van der Waals surface area contributed by atoms with Gasteiger partial charge in [-0.15, -0.1) is 0 Å². The largest absolute Gasteiger partial charge is 0.465 e. The number of nitrogens with one attached hydrogen (secondary N) is 1. The summed E-state index contributed by atoms with van der Waals surface area (Å²) in [5.41, 5.74) is -0.590. The number of ether oxygens (including phenoxy) is 2. The van der Waals surface area contributed by atoms with Crippen molar-refractivity contribution in [1.82, 2.24) is 5.32 Å². The van der Waals surface area contributed by atoms with Crippen LogP contribution in [0.2, 0.25) is 0 Å². The first kappa shape index (κ1) is 15.7. The van der Waals surface area contributed by atoms with Crippen LogP contribution in [-0.4, -0.2) is 50.4 Å². The van der Waals surface area contributed by atoms with Crippen molar-refractivity contribution in [3.8, 4) is 0 Å². The van der Waals surface area contributed by atoms with Gasteiger partial charge in [0.25, 0.3) is 0 Å². The highest BCUT2D eigenvalue weighted by Crippen LogP contribution is 2.15. The van der Waals surface area contributed by atoms with E-state index < -0.39 is 5.54 Å². The molecule has 96 valence electrons. The van der Waals surface area contributed by atoms with E-state index in [4.69, 9.17) is 9.47 Å². The Morgan fingerprint density at radius 3 is 2.69 bits per heavy atom. The maximum atomic E-state index is 11.7. The second-order valence-electron chi connectivity index (χ2n) is 3.70. The van der Waals surface area contributed by atoms with E-state index in [0.717, 1.165) is 18.8 Å². The Kier molecular flexibility index (Phi) is 8.70. The maximum absolute atomic E-state index is 11.7. The fourth-order valence-corrected chi connectivity index (χ4v) is 2.24. The molecule has 4 nitrogen and oxygen atoms in total. The lowest BCUT2D eigenvalue weighted by molar-refractivity contribution is -0.149. The molecular formula is C11H23NO3S. The first-order valence-electron chi connectivity index (χ1n) is 5.53. The molecule has 0 heterocycles. The molecule has 0 spiro atoms. The second-order valence-corrected chi connectivity index (χ2v) is 4.81. The molecule has 0 fully saturated rings. The zero-order chi connectivity index (χ0) is 12.4. The smallest absolute Gasteiger partial charge is 0.326 e. The van der Waals surface area contributed by atoms with E-state index in [9.17, 15) is 4.79 Å². The predicted octanol–water partition coefficient (Wildman–Crippen LogP) is 1.30. The van der Waals surface area contributed by atoms with Crippen molar-refractivity contribution in [2.45, 2.75) is 25.8 Å². The average Bonchev–Trinajstić information content (AvgIpc) is 2.28. The molecule has 0 aromatic rings. The summed E-state index contributed by atoms with van der Waals surface area (Å²) in [6.45, 7) is 4.88. The molecular weight excluding hydrogens is 226 g/mol.